The number of hydrogen-bond donors (Lipinski definition) is 2. The van der Waals surface area contributed by atoms with Gasteiger partial charge in [-0.1, -0.05) is 19.1 Å². The molecule has 0 aliphatic heterocycles. The molecule has 6 heteroatoms. The van der Waals surface area contributed by atoms with Crippen LogP contribution in [0.5, 0.6) is 0 Å². The molecule has 0 radical (unpaired) electrons. The molecule has 18 heavy (non-hydrogen) atoms. The molecule has 0 spiro atoms. The highest BCUT2D eigenvalue weighted by atomic mass is 19.4. The number of aryl methyl sites for hydroxylation is 1. The Hall–Kier alpha value is -1.72. The molecule has 2 N–H and O–H groups in total. The molecule has 1 rings (SSSR count). The van der Waals surface area contributed by atoms with E-state index < -0.39 is 24.6 Å². The molecule has 0 aromatic heterocycles. The third kappa shape index (κ3) is 3.94. The highest BCUT2D eigenvalue weighted by molar-refractivity contribution is 5.71. The van der Waals surface area contributed by atoms with Gasteiger partial charge in [0.2, 0.25) is 0 Å². The predicted molar refractivity (Wildman–Crippen MR) is 61.5 cm³/mol. The van der Waals surface area contributed by atoms with Crippen LogP contribution in [0.1, 0.15) is 12.5 Å². The van der Waals surface area contributed by atoms with Gasteiger partial charge in [0.1, 0.15) is 0 Å². The van der Waals surface area contributed by atoms with Crippen LogP contribution in [0.15, 0.2) is 24.3 Å². The Bertz CT molecular complexity index is 418. The Balaban J connectivity index is 2.70. The number of benzene rings is 1. The molecule has 0 saturated heterocycles. The summed E-state index contributed by atoms with van der Waals surface area (Å²) in [7, 11) is 0. The second-order valence-electron chi connectivity index (χ2n) is 3.87. The Labute approximate surface area is 103 Å². The van der Waals surface area contributed by atoms with E-state index in [1.165, 1.54) is 0 Å². The Kier molecular flexibility index (Phi) is 4.58. The monoisotopic (exact) mass is 261 g/mol. The molecule has 0 amide bonds. The van der Waals surface area contributed by atoms with Crippen LogP contribution in [0.3, 0.4) is 0 Å². The van der Waals surface area contributed by atoms with Gasteiger partial charge >= 0.3 is 12.1 Å². The number of nitrogens with one attached hydrogen (secondary N) is 1. The number of anilines is 1. The van der Waals surface area contributed by atoms with Crippen LogP contribution >= 0.6 is 0 Å². The van der Waals surface area contributed by atoms with Gasteiger partial charge in [0.15, 0.2) is 5.92 Å². The fourth-order valence-electron chi connectivity index (χ4n) is 1.46. The Morgan fingerprint density at radius 2 is 2.11 bits per heavy atom. The molecule has 3 nitrogen and oxygen atoms in total. The first-order valence-electron chi connectivity index (χ1n) is 5.47. The zero-order valence-electron chi connectivity index (χ0n) is 9.79. The van der Waals surface area contributed by atoms with Crippen molar-refractivity contribution in [3.05, 3.63) is 29.8 Å². The lowest BCUT2D eigenvalue weighted by molar-refractivity contribution is -0.190. The molecule has 0 saturated carbocycles. The molecular weight excluding hydrogens is 247 g/mol. The van der Waals surface area contributed by atoms with Crippen LogP contribution < -0.4 is 5.32 Å². The van der Waals surface area contributed by atoms with Crippen molar-refractivity contribution in [2.24, 2.45) is 5.92 Å². The van der Waals surface area contributed by atoms with E-state index in [0.29, 0.717) is 5.69 Å². The number of carboxylic acids is 1. The van der Waals surface area contributed by atoms with Crippen molar-refractivity contribution in [2.45, 2.75) is 19.5 Å². The number of alkyl halides is 3. The van der Waals surface area contributed by atoms with Crippen LogP contribution in [0.4, 0.5) is 18.9 Å². The van der Waals surface area contributed by atoms with Gasteiger partial charge in [0.25, 0.3) is 0 Å². The van der Waals surface area contributed by atoms with Gasteiger partial charge in [-0.25, -0.2) is 0 Å². The third-order valence-corrected chi connectivity index (χ3v) is 2.54. The summed E-state index contributed by atoms with van der Waals surface area (Å²) in [6, 6.07) is 6.87. The molecule has 0 bridgehead atoms. The van der Waals surface area contributed by atoms with E-state index in [1.54, 1.807) is 18.2 Å². The van der Waals surface area contributed by atoms with Crippen molar-refractivity contribution in [1.82, 2.24) is 0 Å². The Morgan fingerprint density at radius 3 is 2.61 bits per heavy atom. The molecule has 100 valence electrons. The standard InChI is InChI=1S/C12H14F3NO2/c1-2-8-4-3-5-9(6-8)16-7-10(11(17)18)12(13,14)15/h3-6,10,16H,2,7H2,1H3,(H,17,18). The maximum atomic E-state index is 12.4. The van der Waals surface area contributed by atoms with Crippen LogP contribution in [0, 0.1) is 5.92 Å². The van der Waals surface area contributed by atoms with Crippen LogP contribution in [-0.2, 0) is 11.2 Å². The van der Waals surface area contributed by atoms with E-state index in [9.17, 15) is 18.0 Å². The zero-order valence-corrected chi connectivity index (χ0v) is 9.79. The minimum atomic E-state index is -4.75. The maximum Gasteiger partial charge on any atom is 0.403 e. The van der Waals surface area contributed by atoms with Crippen molar-refractivity contribution in [2.75, 3.05) is 11.9 Å². The number of hydrogen-bond acceptors (Lipinski definition) is 2. The number of carboxylic acid groups (broad SMARTS) is 1. The fourth-order valence-corrected chi connectivity index (χ4v) is 1.46. The normalized spacial score (nSPS) is 13.1. The summed E-state index contributed by atoms with van der Waals surface area (Å²) in [5.74, 6) is -4.27. The summed E-state index contributed by atoms with van der Waals surface area (Å²) in [4.78, 5) is 10.5. The lowest BCUT2D eigenvalue weighted by atomic mass is 10.1. The molecule has 1 atom stereocenters. The fraction of sp³-hybridized carbons (Fsp3) is 0.417. The van der Waals surface area contributed by atoms with Crippen molar-refractivity contribution >= 4 is 11.7 Å². The summed E-state index contributed by atoms with van der Waals surface area (Å²) in [6.07, 6.45) is -3.99. The summed E-state index contributed by atoms with van der Waals surface area (Å²) >= 11 is 0. The summed E-state index contributed by atoms with van der Waals surface area (Å²) in [5.41, 5.74) is 1.46. The average Bonchev–Trinajstić information content (AvgIpc) is 2.27. The topological polar surface area (TPSA) is 49.3 Å². The largest absolute Gasteiger partial charge is 0.481 e. The molecule has 1 aromatic carbocycles. The second-order valence-corrected chi connectivity index (χ2v) is 3.87. The van der Waals surface area contributed by atoms with Crippen molar-refractivity contribution in [3.63, 3.8) is 0 Å². The molecule has 0 heterocycles. The molecular formula is C12H14F3NO2. The lowest BCUT2D eigenvalue weighted by Gasteiger charge is -2.17. The summed E-state index contributed by atoms with van der Waals surface area (Å²) < 4.78 is 37.2. The molecule has 0 aliphatic carbocycles. The van der Waals surface area contributed by atoms with Gasteiger partial charge in [0.05, 0.1) is 0 Å². The van der Waals surface area contributed by atoms with E-state index in [-0.39, 0.29) is 0 Å². The van der Waals surface area contributed by atoms with Gasteiger partial charge in [-0.2, -0.15) is 13.2 Å². The van der Waals surface area contributed by atoms with Crippen molar-refractivity contribution in [3.8, 4) is 0 Å². The van der Waals surface area contributed by atoms with Gasteiger partial charge in [-0.3, -0.25) is 4.79 Å². The quantitative estimate of drug-likeness (QED) is 0.856. The van der Waals surface area contributed by atoms with Crippen LogP contribution in [-0.4, -0.2) is 23.8 Å². The second kappa shape index (κ2) is 5.75. The number of aliphatic carboxylic acids is 1. The van der Waals surface area contributed by atoms with E-state index in [2.05, 4.69) is 5.32 Å². The minimum Gasteiger partial charge on any atom is -0.481 e. The highest BCUT2D eigenvalue weighted by Gasteiger charge is 2.44. The average molecular weight is 261 g/mol. The lowest BCUT2D eigenvalue weighted by Crippen LogP contribution is -2.36. The third-order valence-electron chi connectivity index (χ3n) is 2.54. The van der Waals surface area contributed by atoms with E-state index in [1.807, 2.05) is 13.0 Å². The van der Waals surface area contributed by atoms with Crippen LogP contribution in [0.25, 0.3) is 0 Å². The highest BCUT2D eigenvalue weighted by Crippen LogP contribution is 2.27. The zero-order chi connectivity index (χ0) is 13.8. The molecule has 0 aliphatic rings. The first-order chi connectivity index (χ1) is 8.34. The summed E-state index contributed by atoms with van der Waals surface area (Å²) in [6.45, 7) is 1.25. The number of carbonyl (C=O) groups is 1. The molecule has 1 aromatic rings. The Morgan fingerprint density at radius 1 is 1.44 bits per heavy atom. The molecule has 0 fully saturated rings. The predicted octanol–water partition coefficient (Wildman–Crippen LogP) is 2.92. The number of halogens is 3. The first kappa shape index (κ1) is 14.3. The minimum absolute atomic E-state index is 0.491. The first-order valence-corrected chi connectivity index (χ1v) is 5.47. The van der Waals surface area contributed by atoms with Crippen molar-refractivity contribution < 1.29 is 23.1 Å². The smallest absolute Gasteiger partial charge is 0.403 e. The van der Waals surface area contributed by atoms with Gasteiger partial charge in [0, 0.05) is 12.2 Å². The van der Waals surface area contributed by atoms with Crippen molar-refractivity contribution in [1.29, 1.82) is 0 Å². The maximum absolute atomic E-state index is 12.4. The SMILES string of the molecule is CCc1cccc(NCC(C(=O)O)C(F)(F)F)c1. The summed E-state index contributed by atoms with van der Waals surface area (Å²) in [5, 5.41) is 11.0. The number of rotatable bonds is 5. The van der Waals surface area contributed by atoms with Crippen LogP contribution in [0.2, 0.25) is 0 Å². The van der Waals surface area contributed by atoms with E-state index in [0.717, 1.165) is 12.0 Å². The van der Waals surface area contributed by atoms with Gasteiger partial charge < -0.3 is 10.4 Å². The van der Waals surface area contributed by atoms with Gasteiger partial charge in [-0.05, 0) is 24.1 Å². The van der Waals surface area contributed by atoms with E-state index in [4.69, 9.17) is 5.11 Å². The van der Waals surface area contributed by atoms with Gasteiger partial charge in [-0.15, -0.1) is 0 Å². The molecule has 1 unspecified atom stereocenters. The van der Waals surface area contributed by atoms with E-state index >= 15 is 0 Å².